The van der Waals surface area contributed by atoms with Crippen LogP contribution in [0.2, 0.25) is 0 Å². The van der Waals surface area contributed by atoms with E-state index in [4.69, 9.17) is 20.2 Å². The molecular weight excluding hydrogens is 1060 g/mol. The Morgan fingerprint density at radius 1 is 0.488 bits per heavy atom. The van der Waals surface area contributed by atoms with Crippen LogP contribution in [-0.2, 0) is 37.8 Å². The minimum absolute atomic E-state index is 0. The van der Waals surface area contributed by atoms with E-state index in [1.54, 1.807) is 0 Å². The number of hydrogen-bond acceptors (Lipinski definition) is 6. The van der Waals surface area contributed by atoms with E-state index in [1.807, 2.05) is 19.4 Å². The normalized spacial score (nSPS) is 14.6. The molecule has 2 aromatic carbocycles. The zero-order valence-electron chi connectivity index (χ0n) is 55.2. The Balaban J connectivity index is -0.00000237. The van der Waals surface area contributed by atoms with Crippen LogP contribution in [0.15, 0.2) is 34.3 Å². The molecule has 2 unspecified atom stereocenters. The first-order valence-corrected chi connectivity index (χ1v) is 31.7. The van der Waals surface area contributed by atoms with E-state index < -0.39 is 18.4 Å². The maximum absolute atomic E-state index is 11.8. The van der Waals surface area contributed by atoms with Crippen LogP contribution in [-0.4, -0.2) is 118 Å². The molecule has 10 nitrogen and oxygen atoms in total. The predicted octanol–water partition coefficient (Wildman–Crippen LogP) is 19.0. The molecule has 82 heavy (non-hydrogen) atoms. The molecule has 0 amide bonds. The molecule has 0 spiro atoms. The fraction of sp³-hybridized carbons (Fsp3) is 0.732. The maximum atomic E-state index is 11.8. The van der Waals surface area contributed by atoms with Crippen molar-refractivity contribution >= 4 is 24.4 Å². The van der Waals surface area contributed by atoms with E-state index in [-0.39, 0.29) is 70.0 Å². The zero-order chi connectivity index (χ0) is 57.3. The topological polar surface area (TPSA) is 140 Å². The number of nitrogens with zero attached hydrogens (tertiary/aromatic N) is 4. The second kappa shape index (κ2) is 46.0. The molecule has 2 atom stereocenters. The Bertz CT molecular complexity index is 1940. The summed E-state index contributed by atoms with van der Waals surface area (Å²) >= 11 is 0. The van der Waals surface area contributed by atoms with Gasteiger partial charge in [-0.1, -0.05) is 166 Å². The number of carbonyl (C=O) groups is 2. The molecule has 0 heterocycles. The summed E-state index contributed by atoms with van der Waals surface area (Å²) in [5, 5.41) is 38.6. The third-order valence-electron chi connectivity index (χ3n) is 17.7. The number of aliphatic imine (C=N–C) groups is 2. The van der Waals surface area contributed by atoms with Gasteiger partial charge in [0.1, 0.15) is 17.9 Å². The largest absolute Gasteiger partial charge is 0.507 e. The van der Waals surface area contributed by atoms with Gasteiger partial charge in [-0.2, -0.15) is 0 Å². The fourth-order valence-corrected chi connectivity index (χ4v) is 12.3. The van der Waals surface area contributed by atoms with Crippen molar-refractivity contribution in [2.75, 3.05) is 52.4 Å². The van der Waals surface area contributed by atoms with E-state index >= 15 is 0 Å². The van der Waals surface area contributed by atoms with Crippen molar-refractivity contribution in [3.05, 3.63) is 79.9 Å². The average molecular weight is 1190 g/mol. The molecule has 0 aromatic heterocycles. The summed E-state index contributed by atoms with van der Waals surface area (Å²) in [6.07, 6.45) is 34.8. The van der Waals surface area contributed by atoms with Crippen molar-refractivity contribution in [1.29, 1.82) is 0 Å². The van der Waals surface area contributed by atoms with E-state index in [9.17, 15) is 19.8 Å². The minimum atomic E-state index is -1.31. The number of rotatable bonds is 40. The van der Waals surface area contributed by atoms with Crippen LogP contribution in [0.5, 0.6) is 11.5 Å². The molecule has 3 rings (SSSR count). The molecule has 0 aliphatic heterocycles. The first-order valence-electron chi connectivity index (χ1n) is 31.7. The molecule has 0 saturated heterocycles. The van der Waals surface area contributed by atoms with Gasteiger partial charge in [0.05, 0.1) is 64.4 Å². The molecule has 1 aliphatic carbocycles. The number of unbranched alkanes of at least 4 members (excludes halogenated alkanes) is 8. The van der Waals surface area contributed by atoms with Crippen molar-refractivity contribution in [2.24, 2.45) is 9.98 Å². The number of phenolic OH excluding ortho intramolecular Hbond substituents is 2. The Hall–Kier alpha value is -3.23. The SMILES string of the molecule is C.CCCCC(C)(CCCC)c1cc(C)c(O)c(C=NC2CCCCC2N=Cc2cc(C(C)(CCC[N+](CCCC)(CCCC)CCCC)CCC[N+](CCCC)(CCCC)CCCC)cc(C)c2O)c1.O=C(O)CC(=O)O.[CH3-].[CH3-].[CH3-].[Cr]. The Kier molecular flexibility index (Phi) is 47.9. The zero-order valence-corrected chi connectivity index (χ0v) is 56.4. The summed E-state index contributed by atoms with van der Waals surface area (Å²) in [7, 11) is 0. The minimum Gasteiger partial charge on any atom is -0.507 e. The molecular formula is C71H131CrN4O6-. The maximum Gasteiger partial charge on any atom is 0.314 e. The van der Waals surface area contributed by atoms with Crippen LogP contribution in [0, 0.1) is 36.1 Å². The molecule has 478 valence electrons. The number of aliphatic carboxylic acids is 2. The Labute approximate surface area is 518 Å². The number of hydrogen-bond donors (Lipinski definition) is 4. The fourth-order valence-electron chi connectivity index (χ4n) is 12.3. The second-order valence-corrected chi connectivity index (χ2v) is 24.5. The number of aromatic hydroxyl groups is 2. The van der Waals surface area contributed by atoms with Crippen LogP contribution in [0.25, 0.3) is 0 Å². The van der Waals surface area contributed by atoms with Crippen molar-refractivity contribution in [1.82, 2.24) is 0 Å². The number of benzene rings is 2. The smallest absolute Gasteiger partial charge is 0.314 e. The van der Waals surface area contributed by atoms with Crippen molar-refractivity contribution in [3.63, 3.8) is 0 Å². The standard InChI is InChI=1S/C64H112N4O2.C3H4O4.CH4.3CH3.Cr/c1-13-21-35-63(11,36-22-14-2)57-47-53(9)61(69)55(49-57)51-65-59-33-29-30-34-60(59)66-52-56-50-58(48-54(10)62(56)70)64(12,37-31-45-67(39-23-15-3,40-24-16-4)41-25-17-5)38-32-46-68(42-26-18-6,43-27-19-7)44-28-20-8;4-2(5)1-3(6)7;;;;;/h47-52,59-60H,13-46H2,1-12H3;1H2,(H,4,5)(H,6,7);1H4;3*1H3;/q;;;3*-1;/p+2. The summed E-state index contributed by atoms with van der Waals surface area (Å²) in [5.74, 6) is -1.92. The van der Waals surface area contributed by atoms with Gasteiger partial charge < -0.3 is 51.7 Å². The van der Waals surface area contributed by atoms with Gasteiger partial charge in [-0.05, 0) is 149 Å². The quantitative estimate of drug-likeness (QED) is 0.0227. The van der Waals surface area contributed by atoms with Crippen LogP contribution >= 0.6 is 0 Å². The molecule has 1 saturated carbocycles. The summed E-state index contributed by atoms with van der Waals surface area (Å²) in [4.78, 5) is 29.4. The van der Waals surface area contributed by atoms with E-state index in [0.29, 0.717) is 11.5 Å². The van der Waals surface area contributed by atoms with Crippen LogP contribution in [0.3, 0.4) is 0 Å². The van der Waals surface area contributed by atoms with E-state index in [1.165, 1.54) is 201 Å². The van der Waals surface area contributed by atoms with Gasteiger partial charge in [0.25, 0.3) is 0 Å². The first-order chi connectivity index (χ1) is 36.8. The number of phenols is 2. The van der Waals surface area contributed by atoms with Gasteiger partial charge in [0.15, 0.2) is 0 Å². The molecule has 11 heteroatoms. The first kappa shape index (κ1) is 85.2. The van der Waals surface area contributed by atoms with Gasteiger partial charge >= 0.3 is 11.9 Å². The summed E-state index contributed by atoms with van der Waals surface area (Å²) < 4.78 is 2.58. The average Bonchev–Trinajstić information content (AvgIpc) is 3.40. The summed E-state index contributed by atoms with van der Waals surface area (Å²) in [6, 6.07) is 9.18. The number of carboxylic acid groups (broad SMARTS) is 2. The van der Waals surface area contributed by atoms with Crippen LogP contribution < -0.4 is 0 Å². The van der Waals surface area contributed by atoms with E-state index in [0.717, 1.165) is 60.8 Å². The molecule has 1 aliphatic rings. The third kappa shape index (κ3) is 29.7. The van der Waals surface area contributed by atoms with Crippen molar-refractivity contribution < 1.29 is 56.3 Å². The molecule has 1 fully saturated rings. The Morgan fingerprint density at radius 2 is 0.744 bits per heavy atom. The van der Waals surface area contributed by atoms with Gasteiger partial charge in [-0.15, -0.1) is 0 Å². The molecule has 0 bridgehead atoms. The van der Waals surface area contributed by atoms with Crippen LogP contribution in [0.4, 0.5) is 0 Å². The summed E-state index contributed by atoms with van der Waals surface area (Å²) in [5.41, 5.74) is 6.34. The molecule has 4 N–H and O–H groups in total. The number of carboxylic acids is 2. The van der Waals surface area contributed by atoms with Crippen LogP contribution in [0.1, 0.15) is 283 Å². The van der Waals surface area contributed by atoms with Gasteiger partial charge in [-0.3, -0.25) is 19.6 Å². The monoisotopic (exact) mass is 1190 g/mol. The third-order valence-corrected chi connectivity index (χ3v) is 17.7. The van der Waals surface area contributed by atoms with Gasteiger partial charge in [-0.25, -0.2) is 0 Å². The number of aryl methyl sites for hydroxylation is 2. The van der Waals surface area contributed by atoms with E-state index in [2.05, 4.69) is 100 Å². The molecule has 0 radical (unpaired) electrons. The van der Waals surface area contributed by atoms with Crippen molar-refractivity contribution in [3.8, 4) is 11.5 Å². The Morgan fingerprint density at radius 3 is 0.988 bits per heavy atom. The van der Waals surface area contributed by atoms with Gasteiger partial charge in [0, 0.05) is 40.9 Å². The molecule has 2 aromatic rings. The summed E-state index contributed by atoms with van der Waals surface area (Å²) in [6.45, 7) is 38.3. The van der Waals surface area contributed by atoms with Crippen molar-refractivity contribution in [2.45, 2.75) is 287 Å². The van der Waals surface area contributed by atoms with Gasteiger partial charge in [0.2, 0.25) is 0 Å². The predicted molar refractivity (Wildman–Crippen MR) is 354 cm³/mol. The second-order valence-electron chi connectivity index (χ2n) is 24.5. The number of quaternary nitrogens is 2.